The van der Waals surface area contributed by atoms with E-state index in [9.17, 15) is 22.8 Å². The Morgan fingerprint density at radius 1 is 1.30 bits per heavy atom. The van der Waals surface area contributed by atoms with E-state index >= 15 is 0 Å². The zero-order chi connectivity index (χ0) is 15.3. The van der Waals surface area contributed by atoms with Gasteiger partial charge in [-0.25, -0.2) is 0 Å². The Morgan fingerprint density at radius 3 is 2.50 bits per heavy atom. The highest BCUT2D eigenvalue weighted by atomic mass is 79.9. The fourth-order valence-corrected chi connectivity index (χ4v) is 1.84. The summed E-state index contributed by atoms with van der Waals surface area (Å²) < 4.78 is 37.9. The van der Waals surface area contributed by atoms with Crippen LogP contribution in [0.2, 0.25) is 0 Å². The Kier molecular flexibility index (Phi) is 5.55. The first-order valence-corrected chi connectivity index (χ1v) is 6.38. The van der Waals surface area contributed by atoms with Crippen molar-refractivity contribution in [1.29, 1.82) is 0 Å². The molecule has 1 aromatic carbocycles. The molecule has 0 aliphatic rings. The van der Waals surface area contributed by atoms with Gasteiger partial charge in [0.2, 0.25) is 0 Å². The number of carbonyl (C=O) groups excluding carboxylic acids is 1. The minimum Gasteiger partial charge on any atom is -0.481 e. The van der Waals surface area contributed by atoms with Gasteiger partial charge in [0.1, 0.15) is 0 Å². The highest BCUT2D eigenvalue weighted by molar-refractivity contribution is 9.10. The molecule has 20 heavy (non-hydrogen) atoms. The fraction of sp³-hybridized carbons (Fsp3) is 0.333. The molecule has 1 rings (SSSR count). The molecule has 0 saturated heterocycles. The Hall–Kier alpha value is -1.57. The number of aliphatic carboxylic acids is 1. The lowest BCUT2D eigenvalue weighted by molar-refractivity contribution is -0.138. The number of benzene rings is 1. The lowest BCUT2D eigenvalue weighted by atomic mass is 10.1. The lowest BCUT2D eigenvalue weighted by Crippen LogP contribution is -2.25. The first kappa shape index (κ1) is 16.5. The van der Waals surface area contributed by atoms with Crippen LogP contribution >= 0.6 is 15.9 Å². The number of nitrogens with one attached hydrogen (secondary N) is 1. The van der Waals surface area contributed by atoms with E-state index in [-0.39, 0.29) is 29.4 Å². The molecule has 8 heteroatoms. The average Bonchev–Trinajstić information content (AvgIpc) is 2.33. The van der Waals surface area contributed by atoms with Crippen molar-refractivity contribution in [2.45, 2.75) is 19.0 Å². The number of alkyl halides is 3. The number of amides is 1. The molecule has 1 amide bonds. The maximum Gasteiger partial charge on any atom is 0.416 e. The van der Waals surface area contributed by atoms with Gasteiger partial charge in [-0.3, -0.25) is 9.59 Å². The van der Waals surface area contributed by atoms with E-state index < -0.39 is 23.6 Å². The third-order valence-corrected chi connectivity index (χ3v) is 3.08. The van der Waals surface area contributed by atoms with Gasteiger partial charge >= 0.3 is 12.1 Å². The summed E-state index contributed by atoms with van der Waals surface area (Å²) in [4.78, 5) is 22.0. The topological polar surface area (TPSA) is 66.4 Å². The summed E-state index contributed by atoms with van der Waals surface area (Å²) in [5.41, 5.74) is -1.06. The molecule has 4 nitrogen and oxygen atoms in total. The molecule has 110 valence electrons. The molecule has 0 aromatic heterocycles. The standard InChI is InChI=1S/C12H11BrF3NO3/c13-9-4-3-7(12(14,15)16)6-8(9)11(20)17-5-1-2-10(18)19/h3-4,6H,1-2,5H2,(H,17,20)(H,18,19). The molecule has 0 radical (unpaired) electrons. The highest BCUT2D eigenvalue weighted by Gasteiger charge is 2.31. The molecule has 0 unspecified atom stereocenters. The number of hydrogen-bond acceptors (Lipinski definition) is 2. The van der Waals surface area contributed by atoms with Crippen molar-refractivity contribution in [2.75, 3.05) is 6.54 Å². The lowest BCUT2D eigenvalue weighted by Gasteiger charge is -2.10. The zero-order valence-corrected chi connectivity index (χ0v) is 11.7. The van der Waals surface area contributed by atoms with Crippen LogP contribution in [0.4, 0.5) is 13.2 Å². The first-order valence-electron chi connectivity index (χ1n) is 5.58. The smallest absolute Gasteiger partial charge is 0.416 e. The van der Waals surface area contributed by atoms with Crippen molar-refractivity contribution in [3.8, 4) is 0 Å². The summed E-state index contributed by atoms with van der Waals surface area (Å²) in [5.74, 6) is -1.69. The first-order chi connectivity index (χ1) is 9.21. The van der Waals surface area contributed by atoms with E-state index in [4.69, 9.17) is 5.11 Å². The minimum atomic E-state index is -4.53. The van der Waals surface area contributed by atoms with E-state index in [0.717, 1.165) is 18.2 Å². The number of carboxylic acid groups (broad SMARTS) is 1. The van der Waals surface area contributed by atoms with Gasteiger partial charge in [0.15, 0.2) is 0 Å². The van der Waals surface area contributed by atoms with E-state index in [1.165, 1.54) is 0 Å². The van der Waals surface area contributed by atoms with Crippen LogP contribution in [-0.2, 0) is 11.0 Å². The molecule has 0 atom stereocenters. The van der Waals surface area contributed by atoms with E-state index in [0.29, 0.717) is 0 Å². The number of rotatable bonds is 5. The molecule has 0 spiro atoms. The monoisotopic (exact) mass is 353 g/mol. The summed E-state index contributed by atoms with van der Waals surface area (Å²) in [6.07, 6.45) is -4.44. The van der Waals surface area contributed by atoms with E-state index in [1.54, 1.807) is 0 Å². The summed E-state index contributed by atoms with van der Waals surface area (Å²) in [7, 11) is 0. The third kappa shape index (κ3) is 4.84. The van der Waals surface area contributed by atoms with Crippen molar-refractivity contribution in [1.82, 2.24) is 5.32 Å². The maximum absolute atomic E-state index is 12.5. The zero-order valence-electron chi connectivity index (χ0n) is 10.1. The summed E-state index contributed by atoms with van der Waals surface area (Å²) in [5, 5.41) is 10.8. The summed E-state index contributed by atoms with van der Waals surface area (Å²) in [6, 6.07) is 2.76. The number of halogens is 4. The van der Waals surface area contributed by atoms with Crippen molar-refractivity contribution in [3.63, 3.8) is 0 Å². The number of hydrogen-bond donors (Lipinski definition) is 2. The quantitative estimate of drug-likeness (QED) is 0.799. The largest absolute Gasteiger partial charge is 0.481 e. The molecule has 0 aliphatic heterocycles. The van der Waals surface area contributed by atoms with E-state index in [2.05, 4.69) is 21.2 Å². The van der Waals surface area contributed by atoms with Gasteiger partial charge in [0.05, 0.1) is 11.1 Å². The molecule has 0 aliphatic carbocycles. The molecule has 0 heterocycles. The number of carbonyl (C=O) groups is 2. The average molecular weight is 354 g/mol. The molecular weight excluding hydrogens is 343 g/mol. The second-order valence-electron chi connectivity index (χ2n) is 3.95. The van der Waals surface area contributed by atoms with Crippen LogP contribution in [0, 0.1) is 0 Å². The summed E-state index contributed by atoms with van der Waals surface area (Å²) >= 11 is 3.01. The molecule has 0 bridgehead atoms. The normalized spacial score (nSPS) is 11.2. The van der Waals surface area contributed by atoms with Crippen LogP contribution in [0.5, 0.6) is 0 Å². The van der Waals surface area contributed by atoms with Crippen LogP contribution in [-0.4, -0.2) is 23.5 Å². The minimum absolute atomic E-state index is 0.0772. The second kappa shape index (κ2) is 6.74. The fourth-order valence-electron chi connectivity index (χ4n) is 1.41. The molecule has 0 saturated carbocycles. The molecule has 0 fully saturated rings. The molecule has 1 aromatic rings. The van der Waals surface area contributed by atoms with Gasteiger partial charge < -0.3 is 10.4 Å². The number of carboxylic acids is 1. The van der Waals surface area contributed by atoms with E-state index in [1.807, 2.05) is 0 Å². The van der Waals surface area contributed by atoms with Crippen LogP contribution in [0.15, 0.2) is 22.7 Å². The predicted octanol–water partition coefficient (Wildman–Crippen LogP) is 3.06. The Labute approximate surface area is 121 Å². The van der Waals surface area contributed by atoms with Gasteiger partial charge in [-0.15, -0.1) is 0 Å². The van der Waals surface area contributed by atoms with Crippen molar-refractivity contribution in [3.05, 3.63) is 33.8 Å². The predicted molar refractivity (Wildman–Crippen MR) is 68.3 cm³/mol. The highest BCUT2D eigenvalue weighted by Crippen LogP contribution is 2.31. The van der Waals surface area contributed by atoms with Gasteiger partial charge in [-0.1, -0.05) is 0 Å². The van der Waals surface area contributed by atoms with Crippen LogP contribution in [0.1, 0.15) is 28.8 Å². The Bertz CT molecular complexity index is 517. The maximum atomic E-state index is 12.5. The van der Waals surface area contributed by atoms with Gasteiger partial charge in [-0.2, -0.15) is 13.2 Å². The SMILES string of the molecule is O=C(O)CCCNC(=O)c1cc(C(F)(F)F)ccc1Br. The Morgan fingerprint density at radius 2 is 1.95 bits per heavy atom. The van der Waals surface area contributed by atoms with Crippen molar-refractivity contribution >= 4 is 27.8 Å². The van der Waals surface area contributed by atoms with Crippen molar-refractivity contribution in [2.24, 2.45) is 0 Å². The van der Waals surface area contributed by atoms with Crippen LogP contribution < -0.4 is 5.32 Å². The van der Waals surface area contributed by atoms with Crippen molar-refractivity contribution < 1.29 is 27.9 Å². The molecule has 2 N–H and O–H groups in total. The van der Waals surface area contributed by atoms with Gasteiger partial charge in [0.25, 0.3) is 5.91 Å². The van der Waals surface area contributed by atoms with Crippen LogP contribution in [0.3, 0.4) is 0 Å². The van der Waals surface area contributed by atoms with Crippen LogP contribution in [0.25, 0.3) is 0 Å². The van der Waals surface area contributed by atoms with Gasteiger partial charge in [-0.05, 0) is 40.5 Å². The Balaban J connectivity index is 2.74. The second-order valence-corrected chi connectivity index (χ2v) is 4.80. The van der Waals surface area contributed by atoms with Gasteiger partial charge in [0, 0.05) is 17.4 Å². The summed E-state index contributed by atoms with van der Waals surface area (Å²) in [6.45, 7) is 0.0772. The molecular formula is C12H11BrF3NO3. The third-order valence-electron chi connectivity index (χ3n) is 2.39.